The molecule has 1 aromatic carbocycles. The van der Waals surface area contributed by atoms with Crippen molar-refractivity contribution >= 4 is 11.6 Å². The Balaban J connectivity index is 1.58. The highest BCUT2D eigenvalue weighted by Gasteiger charge is 2.25. The van der Waals surface area contributed by atoms with Gasteiger partial charge in [-0.25, -0.2) is 0 Å². The number of pyridine rings is 1. The van der Waals surface area contributed by atoms with Gasteiger partial charge in [0.1, 0.15) is 0 Å². The van der Waals surface area contributed by atoms with Crippen molar-refractivity contribution in [1.29, 1.82) is 0 Å². The minimum absolute atomic E-state index is 0.467. The normalized spacial score (nSPS) is 21.0. The van der Waals surface area contributed by atoms with E-state index in [1.165, 1.54) is 35.1 Å². The molecule has 2 aromatic rings. The molecular weight excluding hydrogens is 318 g/mol. The van der Waals surface area contributed by atoms with Crippen LogP contribution in [0.15, 0.2) is 30.5 Å². The summed E-state index contributed by atoms with van der Waals surface area (Å²) in [5, 5.41) is 4.51. The van der Waals surface area contributed by atoms with E-state index >= 15 is 0 Å². The predicted molar refractivity (Wildman–Crippen MR) is 98.2 cm³/mol. The van der Waals surface area contributed by atoms with E-state index in [9.17, 15) is 0 Å². The molecule has 0 amide bonds. The van der Waals surface area contributed by atoms with E-state index in [-0.39, 0.29) is 0 Å². The molecule has 1 N–H and O–H groups in total. The van der Waals surface area contributed by atoms with Crippen LogP contribution in [0.3, 0.4) is 0 Å². The van der Waals surface area contributed by atoms with E-state index < -0.39 is 0 Å². The fraction of sp³-hybridized carbons (Fsp3) is 0.450. The van der Waals surface area contributed by atoms with Gasteiger partial charge in [-0.05, 0) is 73.2 Å². The maximum Gasteiger partial charge on any atom is 0.0544 e. The second-order valence-corrected chi connectivity index (χ2v) is 7.51. The molecule has 3 heterocycles. The third-order valence-electron chi connectivity index (χ3n) is 5.21. The first-order valence-electron chi connectivity index (χ1n) is 8.87. The number of rotatable bonds is 3. The molecule has 3 nitrogen and oxygen atoms in total. The van der Waals surface area contributed by atoms with E-state index in [0.29, 0.717) is 6.04 Å². The van der Waals surface area contributed by atoms with Crippen molar-refractivity contribution < 1.29 is 0 Å². The zero-order valence-electron chi connectivity index (χ0n) is 14.2. The average Bonchev–Trinajstić information content (AvgIpc) is 3.11. The number of nitrogens with zero attached hydrogens (tertiary/aromatic N) is 2. The van der Waals surface area contributed by atoms with Gasteiger partial charge in [0.05, 0.1) is 5.69 Å². The summed E-state index contributed by atoms with van der Waals surface area (Å²) in [5.41, 5.74) is 6.69. The summed E-state index contributed by atoms with van der Waals surface area (Å²) in [6.45, 7) is 6.18. The Labute approximate surface area is 149 Å². The number of nitrogens with one attached hydrogen (secondary N) is 1. The summed E-state index contributed by atoms with van der Waals surface area (Å²) in [6.07, 6.45) is 5.50. The van der Waals surface area contributed by atoms with Crippen LogP contribution in [0.4, 0.5) is 0 Å². The first-order valence-corrected chi connectivity index (χ1v) is 9.25. The van der Waals surface area contributed by atoms with Crippen molar-refractivity contribution in [1.82, 2.24) is 15.2 Å². The number of fused-ring (bicyclic) bond motifs is 1. The molecule has 4 heteroatoms. The van der Waals surface area contributed by atoms with Gasteiger partial charge in [-0.15, -0.1) is 0 Å². The van der Waals surface area contributed by atoms with E-state index in [1.54, 1.807) is 0 Å². The summed E-state index contributed by atoms with van der Waals surface area (Å²) in [5.74, 6) is 0. The first kappa shape index (κ1) is 16.1. The second kappa shape index (κ2) is 6.83. The topological polar surface area (TPSA) is 28.2 Å². The van der Waals surface area contributed by atoms with Crippen molar-refractivity contribution in [3.63, 3.8) is 0 Å². The van der Waals surface area contributed by atoms with Crippen molar-refractivity contribution in [3.8, 4) is 0 Å². The van der Waals surface area contributed by atoms with Crippen LogP contribution in [0.2, 0.25) is 5.02 Å². The van der Waals surface area contributed by atoms with Crippen molar-refractivity contribution in [2.75, 3.05) is 13.1 Å². The standard InChI is InChI=1S/C20H24ClN3/c1-14-4-5-17(23-11-14)12-24-8-6-15-9-16(21)10-18(19(15)13-24)20-3-2-7-22-20/h4-5,9-11,20,22H,2-3,6-8,12-13H2,1H3/t20-/m0/s1. The fourth-order valence-electron chi connectivity index (χ4n) is 3.93. The molecule has 0 aliphatic carbocycles. The minimum Gasteiger partial charge on any atom is -0.310 e. The molecule has 24 heavy (non-hydrogen) atoms. The molecule has 1 aromatic heterocycles. The Morgan fingerprint density at radius 2 is 2.25 bits per heavy atom. The Bertz CT molecular complexity index is 720. The SMILES string of the molecule is Cc1ccc(CN2CCc3cc(Cl)cc([C@@H]4CCCN4)c3C2)nc1. The van der Waals surface area contributed by atoms with Crippen LogP contribution < -0.4 is 5.32 Å². The molecule has 1 atom stereocenters. The smallest absolute Gasteiger partial charge is 0.0544 e. The van der Waals surface area contributed by atoms with Gasteiger partial charge in [0.2, 0.25) is 0 Å². The van der Waals surface area contributed by atoms with Crippen LogP contribution in [0.5, 0.6) is 0 Å². The lowest BCUT2D eigenvalue weighted by atomic mass is 9.90. The third-order valence-corrected chi connectivity index (χ3v) is 5.43. The first-order chi connectivity index (χ1) is 11.7. The summed E-state index contributed by atoms with van der Waals surface area (Å²) in [4.78, 5) is 7.07. The van der Waals surface area contributed by atoms with Crippen LogP contribution in [-0.2, 0) is 19.5 Å². The van der Waals surface area contributed by atoms with Crippen molar-refractivity contribution in [2.24, 2.45) is 0 Å². The van der Waals surface area contributed by atoms with Crippen molar-refractivity contribution in [2.45, 2.75) is 45.3 Å². The van der Waals surface area contributed by atoms with Gasteiger partial charge in [-0.3, -0.25) is 9.88 Å². The van der Waals surface area contributed by atoms with E-state index in [0.717, 1.165) is 43.3 Å². The number of hydrogen-bond donors (Lipinski definition) is 1. The van der Waals surface area contributed by atoms with Crippen LogP contribution in [0.1, 0.15) is 46.8 Å². The molecule has 0 radical (unpaired) electrons. The van der Waals surface area contributed by atoms with Gasteiger partial charge >= 0.3 is 0 Å². The molecule has 4 rings (SSSR count). The lowest BCUT2D eigenvalue weighted by Gasteiger charge is -2.31. The molecule has 126 valence electrons. The van der Waals surface area contributed by atoms with Gasteiger partial charge in [0.15, 0.2) is 0 Å². The third kappa shape index (κ3) is 3.34. The summed E-state index contributed by atoms with van der Waals surface area (Å²) >= 11 is 6.39. The molecule has 2 aliphatic rings. The van der Waals surface area contributed by atoms with Gasteiger partial charge in [-0.1, -0.05) is 17.7 Å². The van der Waals surface area contributed by atoms with Crippen LogP contribution in [-0.4, -0.2) is 23.0 Å². The van der Waals surface area contributed by atoms with E-state index in [4.69, 9.17) is 11.6 Å². The van der Waals surface area contributed by atoms with Gasteiger partial charge in [0, 0.05) is 36.9 Å². The summed E-state index contributed by atoms with van der Waals surface area (Å²) in [7, 11) is 0. The fourth-order valence-corrected chi connectivity index (χ4v) is 4.18. The second-order valence-electron chi connectivity index (χ2n) is 7.07. The monoisotopic (exact) mass is 341 g/mol. The van der Waals surface area contributed by atoms with E-state index in [1.807, 2.05) is 6.20 Å². The van der Waals surface area contributed by atoms with E-state index in [2.05, 4.69) is 46.4 Å². The number of aryl methyl sites for hydroxylation is 1. The predicted octanol–water partition coefficient (Wildman–Crippen LogP) is 4.03. The zero-order valence-corrected chi connectivity index (χ0v) is 14.9. The lowest BCUT2D eigenvalue weighted by Crippen LogP contribution is -2.32. The highest BCUT2D eigenvalue weighted by molar-refractivity contribution is 6.30. The average molecular weight is 342 g/mol. The maximum absolute atomic E-state index is 6.39. The molecule has 1 fully saturated rings. The molecule has 0 saturated carbocycles. The number of aromatic nitrogens is 1. The Morgan fingerprint density at radius 3 is 3.00 bits per heavy atom. The Kier molecular flexibility index (Phi) is 4.57. The quantitative estimate of drug-likeness (QED) is 0.913. The molecule has 0 unspecified atom stereocenters. The Morgan fingerprint density at radius 1 is 1.33 bits per heavy atom. The van der Waals surface area contributed by atoms with Gasteiger partial charge in [-0.2, -0.15) is 0 Å². The van der Waals surface area contributed by atoms with Crippen LogP contribution in [0, 0.1) is 6.92 Å². The highest BCUT2D eigenvalue weighted by atomic mass is 35.5. The lowest BCUT2D eigenvalue weighted by molar-refractivity contribution is 0.241. The largest absolute Gasteiger partial charge is 0.310 e. The molecular formula is C20H24ClN3. The Hall–Kier alpha value is -1.42. The molecule has 1 saturated heterocycles. The maximum atomic E-state index is 6.39. The van der Waals surface area contributed by atoms with Crippen LogP contribution >= 0.6 is 11.6 Å². The minimum atomic E-state index is 0.467. The molecule has 2 aliphatic heterocycles. The molecule has 0 bridgehead atoms. The van der Waals surface area contributed by atoms with Gasteiger partial charge in [0.25, 0.3) is 0 Å². The van der Waals surface area contributed by atoms with Crippen LogP contribution in [0.25, 0.3) is 0 Å². The molecule has 0 spiro atoms. The summed E-state index contributed by atoms with van der Waals surface area (Å²) in [6, 6.07) is 9.10. The highest BCUT2D eigenvalue weighted by Crippen LogP contribution is 2.34. The van der Waals surface area contributed by atoms with Crippen molar-refractivity contribution in [3.05, 3.63) is 63.4 Å². The number of halogens is 1. The summed E-state index contributed by atoms with van der Waals surface area (Å²) < 4.78 is 0. The number of benzene rings is 1. The number of hydrogen-bond acceptors (Lipinski definition) is 3. The van der Waals surface area contributed by atoms with Gasteiger partial charge < -0.3 is 5.32 Å². The zero-order chi connectivity index (χ0) is 16.5.